The van der Waals surface area contributed by atoms with Crippen LogP contribution < -0.4 is 4.90 Å². The van der Waals surface area contributed by atoms with Crippen molar-refractivity contribution in [3.8, 4) is 0 Å². The summed E-state index contributed by atoms with van der Waals surface area (Å²) in [7, 11) is 0. The van der Waals surface area contributed by atoms with Gasteiger partial charge < -0.3 is 9.80 Å². The number of aromatic nitrogens is 2. The second-order valence-corrected chi connectivity index (χ2v) is 7.07. The topological polar surface area (TPSA) is 69.6 Å². The summed E-state index contributed by atoms with van der Waals surface area (Å²) in [5, 5.41) is 0. The van der Waals surface area contributed by atoms with Crippen molar-refractivity contribution in [1.29, 1.82) is 0 Å². The van der Waals surface area contributed by atoms with Gasteiger partial charge in [-0.15, -0.1) is 0 Å². The molecular weight excluding hydrogens is 306 g/mol. The zero-order valence-electron chi connectivity index (χ0n) is 14.2. The summed E-state index contributed by atoms with van der Waals surface area (Å²) in [6.07, 6.45) is 3.64. The van der Waals surface area contributed by atoms with Gasteiger partial charge in [-0.05, 0) is 45.6 Å². The molecule has 1 aromatic heterocycles. The van der Waals surface area contributed by atoms with E-state index in [2.05, 4.69) is 14.9 Å². The van der Waals surface area contributed by atoms with Gasteiger partial charge in [-0.1, -0.05) is 0 Å². The van der Waals surface area contributed by atoms with Crippen LogP contribution in [0.25, 0.3) is 0 Å². The minimum atomic E-state index is -0.0800. The summed E-state index contributed by atoms with van der Waals surface area (Å²) in [5.41, 5.74) is 1.94. The van der Waals surface area contributed by atoms with Gasteiger partial charge in [0.1, 0.15) is 6.54 Å². The number of hydrogen-bond donors (Lipinski definition) is 0. The third kappa shape index (κ3) is 2.72. The molecule has 7 heteroatoms. The number of nitrogens with zero attached hydrogens (tertiary/aromatic N) is 5. The van der Waals surface area contributed by atoms with E-state index in [-0.39, 0.29) is 30.6 Å². The van der Waals surface area contributed by atoms with Crippen LogP contribution in [0.15, 0.2) is 6.07 Å². The van der Waals surface area contributed by atoms with Gasteiger partial charge in [0, 0.05) is 36.6 Å². The molecule has 0 bridgehead atoms. The molecule has 2 saturated heterocycles. The number of anilines is 1. The first-order valence-corrected chi connectivity index (χ1v) is 8.73. The second-order valence-electron chi connectivity index (χ2n) is 7.07. The number of urea groups is 1. The SMILES string of the molecule is Cc1cc(C)nc(N2CCC(N3CC(=O)N(C4CC4)C3=O)CC2)n1. The molecular formula is C17H23N5O2. The molecule has 1 aromatic rings. The van der Waals surface area contributed by atoms with Gasteiger partial charge in [-0.25, -0.2) is 14.8 Å². The van der Waals surface area contributed by atoms with Crippen molar-refractivity contribution in [2.45, 2.75) is 51.6 Å². The Bertz CT molecular complexity index is 659. The van der Waals surface area contributed by atoms with Crippen molar-refractivity contribution in [3.05, 3.63) is 17.5 Å². The van der Waals surface area contributed by atoms with Crippen LogP contribution in [0, 0.1) is 13.8 Å². The lowest BCUT2D eigenvalue weighted by atomic mass is 10.0. The zero-order chi connectivity index (χ0) is 16.8. The number of carbonyl (C=O) groups excluding carboxylic acids is 2. The van der Waals surface area contributed by atoms with Gasteiger partial charge in [0.2, 0.25) is 5.95 Å². The molecule has 0 aromatic carbocycles. The molecule has 2 aliphatic heterocycles. The Morgan fingerprint density at radius 2 is 1.58 bits per heavy atom. The summed E-state index contributed by atoms with van der Waals surface area (Å²) >= 11 is 0. The second kappa shape index (κ2) is 5.72. The average Bonchev–Trinajstić information content (AvgIpc) is 3.32. The van der Waals surface area contributed by atoms with E-state index in [1.807, 2.05) is 19.9 Å². The predicted octanol–water partition coefficient (Wildman–Crippen LogP) is 1.49. The number of aryl methyl sites for hydroxylation is 2. The van der Waals surface area contributed by atoms with Crippen molar-refractivity contribution in [2.24, 2.45) is 0 Å². The van der Waals surface area contributed by atoms with Crippen LogP contribution in [0.5, 0.6) is 0 Å². The van der Waals surface area contributed by atoms with Gasteiger partial charge >= 0.3 is 6.03 Å². The Hall–Kier alpha value is -2.18. The number of imide groups is 1. The maximum Gasteiger partial charge on any atom is 0.327 e. The summed E-state index contributed by atoms with van der Waals surface area (Å²) in [6.45, 7) is 5.84. The molecule has 3 amide bonds. The highest BCUT2D eigenvalue weighted by molar-refractivity contribution is 6.02. The molecule has 0 atom stereocenters. The zero-order valence-corrected chi connectivity index (χ0v) is 14.2. The van der Waals surface area contributed by atoms with E-state index in [0.717, 1.165) is 56.1 Å². The average molecular weight is 329 g/mol. The van der Waals surface area contributed by atoms with Gasteiger partial charge in [-0.3, -0.25) is 9.69 Å². The van der Waals surface area contributed by atoms with Crippen LogP contribution in [0.3, 0.4) is 0 Å². The van der Waals surface area contributed by atoms with Crippen LogP contribution in [0.2, 0.25) is 0 Å². The standard InChI is InChI=1S/C17H23N5O2/c1-11-9-12(2)19-16(18-11)20-7-5-13(6-8-20)21-10-15(23)22(17(21)24)14-3-4-14/h9,13-14H,3-8,10H2,1-2H3. The van der Waals surface area contributed by atoms with Crippen molar-refractivity contribution < 1.29 is 9.59 Å². The molecule has 3 aliphatic rings. The van der Waals surface area contributed by atoms with Crippen molar-refractivity contribution in [3.63, 3.8) is 0 Å². The molecule has 3 fully saturated rings. The molecule has 1 aliphatic carbocycles. The maximum absolute atomic E-state index is 12.5. The molecule has 1 saturated carbocycles. The van der Waals surface area contributed by atoms with Gasteiger partial charge in [0.05, 0.1) is 0 Å². The Kier molecular flexibility index (Phi) is 3.66. The number of amides is 3. The van der Waals surface area contributed by atoms with Gasteiger partial charge in [-0.2, -0.15) is 0 Å². The Labute approximate surface area is 141 Å². The maximum atomic E-state index is 12.5. The lowest BCUT2D eigenvalue weighted by molar-refractivity contribution is -0.125. The van der Waals surface area contributed by atoms with Crippen molar-refractivity contribution >= 4 is 17.9 Å². The number of piperidine rings is 1. The molecule has 24 heavy (non-hydrogen) atoms. The van der Waals surface area contributed by atoms with Crippen molar-refractivity contribution in [2.75, 3.05) is 24.5 Å². The quantitative estimate of drug-likeness (QED) is 0.786. The largest absolute Gasteiger partial charge is 0.341 e. The Morgan fingerprint density at radius 3 is 2.17 bits per heavy atom. The first kappa shape index (κ1) is 15.4. The lowest BCUT2D eigenvalue weighted by Crippen LogP contribution is -2.47. The molecule has 7 nitrogen and oxygen atoms in total. The van der Waals surface area contributed by atoms with E-state index in [1.54, 1.807) is 4.90 Å². The van der Waals surface area contributed by atoms with Crippen LogP contribution in [-0.4, -0.2) is 63.4 Å². The number of rotatable bonds is 3. The summed E-state index contributed by atoms with van der Waals surface area (Å²) in [5.74, 6) is 0.747. The third-order valence-electron chi connectivity index (χ3n) is 5.10. The highest BCUT2D eigenvalue weighted by Crippen LogP contribution is 2.32. The Morgan fingerprint density at radius 1 is 0.958 bits per heavy atom. The fourth-order valence-electron chi connectivity index (χ4n) is 3.74. The van der Waals surface area contributed by atoms with Crippen LogP contribution >= 0.6 is 0 Å². The van der Waals surface area contributed by atoms with E-state index < -0.39 is 0 Å². The van der Waals surface area contributed by atoms with E-state index >= 15 is 0 Å². The highest BCUT2D eigenvalue weighted by Gasteiger charge is 2.47. The van der Waals surface area contributed by atoms with E-state index in [9.17, 15) is 9.59 Å². The Balaban J connectivity index is 1.41. The minimum Gasteiger partial charge on any atom is -0.341 e. The number of carbonyl (C=O) groups is 2. The molecule has 0 radical (unpaired) electrons. The van der Waals surface area contributed by atoms with E-state index in [4.69, 9.17) is 0 Å². The summed E-state index contributed by atoms with van der Waals surface area (Å²) < 4.78 is 0. The normalized spacial score (nSPS) is 22.7. The number of hydrogen-bond acceptors (Lipinski definition) is 5. The van der Waals surface area contributed by atoms with Crippen LogP contribution in [0.4, 0.5) is 10.7 Å². The molecule has 128 valence electrons. The fraction of sp³-hybridized carbons (Fsp3) is 0.647. The first-order chi connectivity index (χ1) is 11.5. The third-order valence-corrected chi connectivity index (χ3v) is 5.10. The van der Waals surface area contributed by atoms with Crippen LogP contribution in [0.1, 0.15) is 37.1 Å². The molecule has 4 rings (SSSR count). The molecule has 0 N–H and O–H groups in total. The molecule has 0 spiro atoms. The lowest BCUT2D eigenvalue weighted by Gasteiger charge is -2.36. The van der Waals surface area contributed by atoms with E-state index in [1.165, 1.54) is 4.90 Å². The van der Waals surface area contributed by atoms with Crippen molar-refractivity contribution in [1.82, 2.24) is 19.8 Å². The highest BCUT2D eigenvalue weighted by atomic mass is 16.2. The fourth-order valence-corrected chi connectivity index (χ4v) is 3.74. The molecule has 3 heterocycles. The van der Waals surface area contributed by atoms with Crippen LogP contribution in [-0.2, 0) is 4.79 Å². The summed E-state index contributed by atoms with van der Waals surface area (Å²) in [6, 6.07) is 2.20. The van der Waals surface area contributed by atoms with Gasteiger partial charge in [0.25, 0.3) is 5.91 Å². The first-order valence-electron chi connectivity index (χ1n) is 8.73. The smallest absolute Gasteiger partial charge is 0.327 e. The van der Waals surface area contributed by atoms with Gasteiger partial charge in [0.15, 0.2) is 0 Å². The predicted molar refractivity (Wildman–Crippen MR) is 88.7 cm³/mol. The van der Waals surface area contributed by atoms with E-state index in [0.29, 0.717) is 0 Å². The minimum absolute atomic E-state index is 0.0254. The monoisotopic (exact) mass is 329 g/mol. The summed E-state index contributed by atoms with van der Waals surface area (Å²) in [4.78, 5) is 39.1. The molecule has 0 unspecified atom stereocenters.